The van der Waals surface area contributed by atoms with Gasteiger partial charge in [0, 0.05) is 13.2 Å². The van der Waals surface area contributed by atoms with Gasteiger partial charge >= 0.3 is 5.97 Å². The number of ether oxygens (including phenoxy) is 5. The number of methoxy groups -OCH3 is 4. The maximum Gasteiger partial charge on any atom is 0.331 e. The molecule has 0 radical (unpaired) electrons. The first kappa shape index (κ1) is 30.3. The Hall–Kier alpha value is -3.27. The van der Waals surface area contributed by atoms with Crippen molar-refractivity contribution in [1.29, 1.82) is 0 Å². The highest BCUT2D eigenvalue weighted by Gasteiger charge is 2.51. The highest BCUT2D eigenvalue weighted by molar-refractivity contribution is 6.18. The van der Waals surface area contributed by atoms with E-state index in [-0.39, 0.29) is 12.5 Å². The van der Waals surface area contributed by atoms with Gasteiger partial charge in [0.15, 0.2) is 11.5 Å². The summed E-state index contributed by atoms with van der Waals surface area (Å²) in [5, 5.41) is 15.6. The lowest BCUT2D eigenvalue weighted by Crippen LogP contribution is -2.58. The second-order valence-electron chi connectivity index (χ2n) is 9.21. The van der Waals surface area contributed by atoms with Crippen LogP contribution in [0.25, 0.3) is 6.08 Å². The van der Waals surface area contributed by atoms with Gasteiger partial charge in [-0.25, -0.2) is 4.79 Å². The molecule has 1 saturated carbocycles. The maximum absolute atomic E-state index is 12.8. The molecule has 0 amide bonds. The van der Waals surface area contributed by atoms with Crippen LogP contribution in [0.3, 0.4) is 0 Å². The quantitative estimate of drug-likeness (QED) is 0.131. The third-order valence-corrected chi connectivity index (χ3v) is 7.20. The van der Waals surface area contributed by atoms with Crippen molar-refractivity contribution in [3.8, 4) is 17.2 Å². The van der Waals surface area contributed by atoms with Crippen LogP contribution in [0.5, 0.6) is 17.2 Å². The van der Waals surface area contributed by atoms with Crippen LogP contribution >= 0.6 is 11.6 Å². The smallest absolute Gasteiger partial charge is 0.331 e. The van der Waals surface area contributed by atoms with Crippen LogP contribution in [-0.2, 0) is 25.7 Å². The van der Waals surface area contributed by atoms with E-state index in [0.29, 0.717) is 41.4 Å². The molecule has 0 aromatic heterocycles. The van der Waals surface area contributed by atoms with Gasteiger partial charge in [-0.1, -0.05) is 35.5 Å². The molecule has 2 aromatic rings. The number of oxime groups is 1. The van der Waals surface area contributed by atoms with Crippen molar-refractivity contribution in [2.24, 2.45) is 11.1 Å². The van der Waals surface area contributed by atoms with E-state index in [9.17, 15) is 9.90 Å². The molecule has 0 spiro atoms. The zero-order valence-corrected chi connectivity index (χ0v) is 23.6. The number of benzene rings is 2. The van der Waals surface area contributed by atoms with Crippen molar-refractivity contribution in [3.63, 3.8) is 0 Å². The first-order chi connectivity index (χ1) is 18.8. The molecule has 1 N–H and O–H groups in total. The average molecular weight is 562 g/mol. The molecule has 1 aliphatic rings. The zero-order valence-electron chi connectivity index (χ0n) is 22.9. The number of carbonyl (C=O) groups excluding carboxylic acids is 1. The predicted molar refractivity (Wildman–Crippen MR) is 149 cm³/mol. The summed E-state index contributed by atoms with van der Waals surface area (Å²) in [7, 11) is 6.05. The van der Waals surface area contributed by atoms with Gasteiger partial charge in [-0.05, 0) is 49.1 Å². The highest BCUT2D eigenvalue weighted by Crippen LogP contribution is 2.40. The van der Waals surface area contributed by atoms with Gasteiger partial charge in [0.2, 0.25) is 5.75 Å². The number of hydrogen-bond acceptors (Lipinski definition) is 9. The van der Waals surface area contributed by atoms with Crippen LogP contribution in [0.1, 0.15) is 30.9 Å². The Morgan fingerprint density at radius 3 is 2.33 bits per heavy atom. The minimum Gasteiger partial charge on any atom is -0.493 e. The fourth-order valence-corrected chi connectivity index (χ4v) is 5.11. The topological polar surface area (TPSA) is 105 Å². The SMILES string of the molecule is COc1cc(C=CC(=O)OC2CC[C@](O)(CCl)C(C(C)=NOCc3ccccc3)C2OC)cc(OC)c1OC. The van der Waals surface area contributed by atoms with E-state index in [0.717, 1.165) is 5.56 Å². The van der Waals surface area contributed by atoms with Crippen molar-refractivity contribution in [1.82, 2.24) is 0 Å². The number of nitrogens with zero attached hydrogens (tertiary/aromatic N) is 1. The van der Waals surface area contributed by atoms with E-state index >= 15 is 0 Å². The predicted octanol–water partition coefficient (Wildman–Crippen LogP) is 4.63. The Balaban J connectivity index is 1.75. The molecule has 1 fully saturated rings. The number of halogens is 1. The van der Waals surface area contributed by atoms with Crippen molar-refractivity contribution >= 4 is 29.4 Å². The maximum atomic E-state index is 12.8. The summed E-state index contributed by atoms with van der Waals surface area (Å²) in [6, 6.07) is 13.0. The fraction of sp³-hybridized carbons (Fsp3) is 0.448. The Kier molecular flexibility index (Phi) is 11.0. The normalized spacial score (nSPS) is 23.4. The minimum atomic E-state index is -1.30. The van der Waals surface area contributed by atoms with Crippen LogP contribution in [0, 0.1) is 5.92 Å². The van der Waals surface area contributed by atoms with E-state index in [1.807, 2.05) is 30.3 Å². The van der Waals surface area contributed by atoms with E-state index in [1.54, 1.807) is 25.1 Å². The molecule has 10 heteroatoms. The largest absolute Gasteiger partial charge is 0.493 e. The number of hydrogen-bond donors (Lipinski definition) is 1. The second-order valence-corrected chi connectivity index (χ2v) is 9.48. The van der Waals surface area contributed by atoms with Gasteiger partial charge in [-0.2, -0.15) is 0 Å². The van der Waals surface area contributed by atoms with Crippen molar-refractivity contribution in [2.75, 3.05) is 34.3 Å². The summed E-state index contributed by atoms with van der Waals surface area (Å²) in [6.07, 6.45) is 2.23. The highest BCUT2D eigenvalue weighted by atomic mass is 35.5. The molecule has 2 aromatic carbocycles. The van der Waals surface area contributed by atoms with E-state index in [2.05, 4.69) is 5.16 Å². The van der Waals surface area contributed by atoms with Gasteiger partial charge in [0.1, 0.15) is 18.8 Å². The lowest BCUT2D eigenvalue weighted by atomic mass is 9.71. The summed E-state index contributed by atoms with van der Waals surface area (Å²) >= 11 is 6.20. The molecular weight excluding hydrogens is 526 g/mol. The van der Waals surface area contributed by atoms with Gasteiger partial charge in [0.05, 0.1) is 44.4 Å². The Bertz CT molecular complexity index is 1130. The summed E-state index contributed by atoms with van der Waals surface area (Å²) in [5.74, 6) is 0.118. The summed E-state index contributed by atoms with van der Waals surface area (Å²) in [6.45, 7) is 2.01. The van der Waals surface area contributed by atoms with Crippen LogP contribution < -0.4 is 14.2 Å². The number of rotatable bonds is 12. The number of alkyl halides is 1. The molecule has 0 aliphatic heterocycles. The van der Waals surface area contributed by atoms with Crippen LogP contribution in [0.15, 0.2) is 53.7 Å². The molecule has 39 heavy (non-hydrogen) atoms. The molecule has 3 unspecified atom stereocenters. The molecular formula is C29H36ClNO8. The lowest BCUT2D eigenvalue weighted by molar-refractivity contribution is -0.169. The summed E-state index contributed by atoms with van der Waals surface area (Å²) < 4.78 is 27.6. The molecule has 0 saturated heterocycles. The van der Waals surface area contributed by atoms with E-state index in [1.165, 1.54) is 34.5 Å². The van der Waals surface area contributed by atoms with E-state index < -0.39 is 29.7 Å². The van der Waals surface area contributed by atoms with Gasteiger partial charge in [0.25, 0.3) is 0 Å². The van der Waals surface area contributed by atoms with Crippen molar-refractivity contribution < 1.29 is 38.4 Å². The van der Waals surface area contributed by atoms with Gasteiger partial charge in [-0.15, -0.1) is 11.6 Å². The zero-order chi connectivity index (χ0) is 28.4. The monoisotopic (exact) mass is 561 g/mol. The van der Waals surface area contributed by atoms with Crippen molar-refractivity contribution in [3.05, 3.63) is 59.7 Å². The molecule has 212 valence electrons. The summed E-state index contributed by atoms with van der Waals surface area (Å²) in [4.78, 5) is 18.4. The third kappa shape index (κ3) is 7.44. The number of esters is 1. The Morgan fingerprint density at radius 1 is 1.10 bits per heavy atom. The van der Waals surface area contributed by atoms with Crippen LogP contribution in [0.4, 0.5) is 0 Å². The molecule has 0 heterocycles. The molecule has 4 atom stereocenters. The first-order valence-electron chi connectivity index (χ1n) is 12.5. The fourth-order valence-electron chi connectivity index (χ4n) is 4.81. The molecule has 0 bridgehead atoms. The number of aliphatic hydroxyl groups is 1. The number of carbonyl (C=O) groups is 1. The van der Waals surface area contributed by atoms with Gasteiger partial charge in [-0.3, -0.25) is 0 Å². The standard InChI is InChI=1S/C29H36ClNO8/c1-19(31-38-17-20-9-7-6-8-10-20)26-28(37-5)22(13-14-29(26,33)18-30)39-25(32)12-11-21-15-23(34-2)27(36-4)24(16-21)35-3/h6-12,15-16,22,26,28,33H,13-14,17-18H2,1-5H3/t22?,26?,28?,29-/m0/s1. The average Bonchev–Trinajstić information content (AvgIpc) is 2.96. The molecule has 1 aliphatic carbocycles. The first-order valence-corrected chi connectivity index (χ1v) is 13.0. The van der Waals surface area contributed by atoms with Gasteiger partial charge < -0.3 is 33.6 Å². The molecule has 9 nitrogen and oxygen atoms in total. The second kappa shape index (κ2) is 14.2. The Morgan fingerprint density at radius 2 is 1.77 bits per heavy atom. The van der Waals surface area contributed by atoms with Crippen molar-refractivity contribution in [2.45, 2.75) is 44.2 Å². The van der Waals surface area contributed by atoms with Crippen LogP contribution in [0.2, 0.25) is 0 Å². The lowest BCUT2D eigenvalue weighted by Gasteiger charge is -2.45. The molecule has 3 rings (SSSR count). The Labute approximate surface area is 234 Å². The third-order valence-electron chi connectivity index (χ3n) is 6.74. The summed E-state index contributed by atoms with van der Waals surface area (Å²) in [5.41, 5.74) is 0.802. The minimum absolute atomic E-state index is 0.0369. The van der Waals surface area contributed by atoms with E-state index in [4.69, 9.17) is 40.1 Å². The van der Waals surface area contributed by atoms with Crippen LogP contribution in [-0.4, -0.2) is 68.9 Å².